The molecule has 0 atom stereocenters. The van der Waals surface area contributed by atoms with E-state index in [1.807, 2.05) is 24.3 Å². The molecule has 92 heavy (non-hydrogen) atoms. The van der Waals surface area contributed by atoms with Gasteiger partial charge < -0.3 is 32.6 Å². The standard InChI is InChI=1S/C83H49N7O2/c1-8-27-65-54(20-1)55-21-2-9-28-66(55)88(65)52-45-63-81(84-48-52)82-64(46-53(49-85-82)89-67-29-10-3-22-56(67)57-23-4-11-30-68(57)89)83(63)62-42-40-51(47-79(62)92-78-39-19-36-75(80(78)83)90-70-32-13-5-24-58(70)59-25-6-14-33-71(59)90)86-69-31-12-7-26-60(69)61-44-50(41-43-72(61)86)87-73-34-15-17-37-76(73)91-77-38-18-16-35-74(77)87/h1-49H. The fourth-order valence-corrected chi connectivity index (χ4v) is 16.2. The normalized spacial score (nSPS) is 13.5. The number of benzene rings is 12. The Morgan fingerprint density at radius 2 is 0.620 bits per heavy atom. The average Bonchev–Trinajstić information content (AvgIpc) is 1.50. The maximum atomic E-state index is 7.72. The van der Waals surface area contributed by atoms with Crippen LogP contribution < -0.4 is 14.4 Å². The van der Waals surface area contributed by atoms with E-state index in [9.17, 15) is 0 Å². The Labute approximate surface area is 526 Å². The summed E-state index contributed by atoms with van der Waals surface area (Å²) in [5.41, 5.74) is 20.2. The van der Waals surface area contributed by atoms with Crippen LogP contribution in [0.4, 0.5) is 17.1 Å². The first-order valence-corrected chi connectivity index (χ1v) is 31.3. The molecule has 0 fully saturated rings. The zero-order chi connectivity index (χ0) is 59.9. The van der Waals surface area contributed by atoms with Crippen molar-refractivity contribution < 1.29 is 9.47 Å². The summed E-state index contributed by atoms with van der Waals surface area (Å²) in [6, 6.07) is 103. The lowest BCUT2D eigenvalue weighted by molar-refractivity contribution is 0.435. The van der Waals surface area contributed by atoms with Gasteiger partial charge in [-0.25, -0.2) is 0 Å². The number of hydrogen-bond donors (Lipinski definition) is 0. The molecule has 1 aliphatic carbocycles. The van der Waals surface area contributed by atoms with E-state index in [2.05, 4.69) is 296 Å². The molecule has 0 unspecified atom stereocenters. The third-order valence-corrected chi connectivity index (χ3v) is 19.8. The van der Waals surface area contributed by atoms with Crippen molar-refractivity contribution in [1.29, 1.82) is 0 Å². The van der Waals surface area contributed by atoms with Crippen molar-refractivity contribution in [3.63, 3.8) is 0 Å². The smallest absolute Gasteiger partial charge is 0.151 e. The van der Waals surface area contributed by atoms with Crippen molar-refractivity contribution >= 4 is 104 Å². The van der Waals surface area contributed by atoms with Gasteiger partial charge in [-0.15, -0.1) is 0 Å². The quantitative estimate of drug-likeness (QED) is 0.172. The van der Waals surface area contributed by atoms with Crippen LogP contribution in [0, 0.1) is 0 Å². The summed E-state index contributed by atoms with van der Waals surface area (Å²) in [6.45, 7) is 0. The lowest BCUT2D eigenvalue weighted by Gasteiger charge is -2.40. The fraction of sp³-hybridized carbons (Fsp3) is 0.0120. The van der Waals surface area contributed by atoms with Gasteiger partial charge in [0.2, 0.25) is 0 Å². The summed E-state index contributed by atoms with van der Waals surface area (Å²) in [5.74, 6) is 3.11. The molecule has 12 aromatic carbocycles. The third kappa shape index (κ3) is 6.49. The Kier molecular flexibility index (Phi) is 9.86. The summed E-state index contributed by atoms with van der Waals surface area (Å²) in [4.78, 5) is 13.7. The minimum atomic E-state index is -1.10. The van der Waals surface area contributed by atoms with Crippen LogP contribution in [0.2, 0.25) is 0 Å². The van der Waals surface area contributed by atoms with Crippen LogP contribution in [-0.2, 0) is 5.41 Å². The summed E-state index contributed by atoms with van der Waals surface area (Å²) < 4.78 is 23.8. The van der Waals surface area contributed by atoms with Crippen molar-refractivity contribution in [2.24, 2.45) is 0 Å². The molecule has 21 rings (SSSR count). The average molecular weight is 1180 g/mol. The Hall–Kier alpha value is -12.5. The summed E-state index contributed by atoms with van der Waals surface area (Å²) >= 11 is 0. The first kappa shape index (κ1) is 49.5. The lowest BCUT2D eigenvalue weighted by Crippen LogP contribution is -2.34. The highest BCUT2D eigenvalue weighted by atomic mass is 16.5. The third-order valence-electron chi connectivity index (χ3n) is 19.8. The molecule has 2 aliphatic heterocycles. The topological polar surface area (TPSA) is 67.2 Å². The summed E-state index contributed by atoms with van der Waals surface area (Å²) in [7, 11) is 0. The number of aromatic nitrogens is 6. The van der Waals surface area contributed by atoms with Crippen LogP contribution in [0.1, 0.15) is 22.3 Å². The molecule has 8 heterocycles. The monoisotopic (exact) mass is 1180 g/mol. The number of fused-ring (bicyclic) bond motifs is 23. The van der Waals surface area contributed by atoms with Crippen molar-refractivity contribution in [3.05, 3.63) is 320 Å². The fourth-order valence-electron chi connectivity index (χ4n) is 16.2. The van der Waals surface area contributed by atoms with E-state index >= 15 is 0 Å². The first-order chi connectivity index (χ1) is 45.7. The molecule has 0 saturated heterocycles. The second kappa shape index (κ2) is 18.3. The van der Waals surface area contributed by atoms with E-state index in [1.54, 1.807) is 0 Å². The van der Waals surface area contributed by atoms with Gasteiger partial charge in [0, 0.05) is 82.8 Å². The zero-order valence-corrected chi connectivity index (χ0v) is 49.2. The molecule has 6 aromatic heterocycles. The number of anilines is 3. The number of nitrogens with zero attached hydrogens (tertiary/aromatic N) is 7. The van der Waals surface area contributed by atoms with Gasteiger partial charge in [0.25, 0.3) is 0 Å². The molecule has 0 N–H and O–H groups in total. The van der Waals surface area contributed by atoms with Gasteiger partial charge in [-0.1, -0.05) is 164 Å². The zero-order valence-electron chi connectivity index (χ0n) is 49.2. The van der Waals surface area contributed by atoms with Crippen molar-refractivity contribution in [3.8, 4) is 57.1 Å². The molecule has 9 heteroatoms. The number of para-hydroxylation sites is 11. The van der Waals surface area contributed by atoms with Crippen molar-refractivity contribution in [2.45, 2.75) is 5.41 Å². The molecule has 0 bridgehead atoms. The number of rotatable bonds is 5. The Balaban J connectivity index is 0.867. The van der Waals surface area contributed by atoms with Gasteiger partial charge in [0.1, 0.15) is 11.5 Å². The van der Waals surface area contributed by atoms with E-state index in [-0.39, 0.29) is 0 Å². The number of pyridine rings is 2. The van der Waals surface area contributed by atoms with E-state index in [0.29, 0.717) is 0 Å². The van der Waals surface area contributed by atoms with Gasteiger partial charge in [-0.3, -0.25) is 9.97 Å². The lowest BCUT2D eigenvalue weighted by atomic mass is 9.65. The minimum Gasteiger partial charge on any atom is -0.457 e. The highest BCUT2D eigenvalue weighted by Gasteiger charge is 2.55. The van der Waals surface area contributed by atoms with Gasteiger partial charge >= 0.3 is 0 Å². The maximum absolute atomic E-state index is 7.72. The number of hydrogen-bond acceptors (Lipinski definition) is 5. The Morgan fingerprint density at radius 1 is 0.250 bits per heavy atom. The summed E-state index contributed by atoms with van der Waals surface area (Å²) in [5, 5.41) is 9.34. The molecule has 428 valence electrons. The molecule has 0 radical (unpaired) electrons. The minimum absolute atomic E-state index is 0.738. The molecule has 18 aromatic rings. The molecular weight excluding hydrogens is 1130 g/mol. The van der Waals surface area contributed by atoms with Gasteiger partial charge in [-0.2, -0.15) is 0 Å². The Morgan fingerprint density at radius 3 is 1.11 bits per heavy atom. The first-order valence-electron chi connectivity index (χ1n) is 31.3. The van der Waals surface area contributed by atoms with Crippen LogP contribution >= 0.6 is 0 Å². The molecule has 0 saturated carbocycles. The van der Waals surface area contributed by atoms with Crippen LogP contribution in [0.25, 0.3) is 121 Å². The van der Waals surface area contributed by atoms with E-state index < -0.39 is 5.41 Å². The van der Waals surface area contributed by atoms with Crippen LogP contribution in [0.5, 0.6) is 23.0 Å². The molecular formula is C83H49N7O2. The predicted molar refractivity (Wildman–Crippen MR) is 372 cm³/mol. The van der Waals surface area contributed by atoms with Crippen LogP contribution in [-0.4, -0.2) is 28.2 Å². The second-order valence-electron chi connectivity index (χ2n) is 24.4. The van der Waals surface area contributed by atoms with Gasteiger partial charge in [0.05, 0.1) is 102 Å². The molecule has 9 nitrogen and oxygen atoms in total. The van der Waals surface area contributed by atoms with Gasteiger partial charge in [0.15, 0.2) is 11.5 Å². The molecule has 1 spiro atoms. The molecule has 3 aliphatic rings. The largest absolute Gasteiger partial charge is 0.457 e. The van der Waals surface area contributed by atoms with Crippen molar-refractivity contribution in [1.82, 2.24) is 28.2 Å². The second-order valence-corrected chi connectivity index (χ2v) is 24.4. The SMILES string of the molecule is c1ccc2c(c1)Oc1ccccc1N2c1ccc2c(c1)c1ccccc1n2-c1ccc2c(c1)Oc1cccc(-n3c4ccccc4c4ccccc43)c1C21c2cc(-n3c4ccccc4c4ccccc43)cnc2-c2ncc(-n3c4ccccc4c4ccccc43)cc21. The van der Waals surface area contributed by atoms with Crippen molar-refractivity contribution in [2.75, 3.05) is 4.90 Å². The van der Waals surface area contributed by atoms with E-state index in [0.717, 1.165) is 151 Å². The predicted octanol–water partition coefficient (Wildman–Crippen LogP) is 20.9. The van der Waals surface area contributed by atoms with Crippen LogP contribution in [0.15, 0.2) is 298 Å². The Bertz CT molecular complexity index is 5890. The number of ether oxygens (including phenoxy) is 2. The highest BCUT2D eigenvalue weighted by Crippen LogP contribution is 2.64. The molecule has 0 amide bonds. The summed E-state index contributed by atoms with van der Waals surface area (Å²) in [6.07, 6.45) is 4.10. The van der Waals surface area contributed by atoms with E-state index in [4.69, 9.17) is 19.4 Å². The van der Waals surface area contributed by atoms with Gasteiger partial charge in [-0.05, 0) is 115 Å². The highest BCUT2D eigenvalue weighted by molar-refractivity contribution is 6.13. The van der Waals surface area contributed by atoms with E-state index in [1.165, 1.54) is 32.3 Å². The maximum Gasteiger partial charge on any atom is 0.151 e. The van der Waals surface area contributed by atoms with Crippen LogP contribution in [0.3, 0.4) is 0 Å².